The molecule has 0 saturated carbocycles. The third-order valence-corrected chi connectivity index (χ3v) is 9.23. The van der Waals surface area contributed by atoms with Gasteiger partial charge < -0.3 is 9.30 Å². The Morgan fingerprint density at radius 2 is 1.39 bits per heavy atom. The summed E-state index contributed by atoms with van der Waals surface area (Å²) in [6.45, 7) is 3.74. The fourth-order valence-corrected chi connectivity index (χ4v) is 5.47. The van der Waals surface area contributed by atoms with Crippen LogP contribution in [0.4, 0.5) is 19.4 Å². The number of nitrogens with zero attached hydrogens (tertiary/aromatic N) is 2. The summed E-state index contributed by atoms with van der Waals surface area (Å²) in [4.78, 5) is 6.25. The van der Waals surface area contributed by atoms with E-state index in [-0.39, 0.29) is 23.8 Å². The van der Waals surface area contributed by atoms with Gasteiger partial charge in [0.1, 0.15) is 23.5 Å². The van der Waals surface area contributed by atoms with Gasteiger partial charge in [-0.25, -0.2) is 9.97 Å². The molecule has 168 valence electrons. The lowest BCUT2D eigenvalue weighted by molar-refractivity contribution is 0.363. The lowest BCUT2D eigenvalue weighted by Crippen LogP contribution is -2.08. The highest BCUT2D eigenvalue weighted by Crippen LogP contribution is 3.02. The first-order chi connectivity index (χ1) is 14.3. The van der Waals surface area contributed by atoms with Crippen molar-refractivity contribution in [3.63, 3.8) is 0 Å². The van der Waals surface area contributed by atoms with Crippen molar-refractivity contribution in [3.8, 4) is 22.9 Å². The molecule has 0 radical (unpaired) electrons. The number of aromatic nitrogens is 2. The third-order valence-electron chi connectivity index (χ3n) is 4.78. The minimum Gasteiger partial charge on any atom is -0.437 e. The molecule has 1 heterocycles. The highest BCUT2D eigenvalue weighted by Gasteiger charge is 2.65. The van der Waals surface area contributed by atoms with Crippen LogP contribution in [-0.4, -0.2) is 22.3 Å². The van der Waals surface area contributed by atoms with Crippen molar-refractivity contribution in [2.75, 3.05) is 12.3 Å². The Labute approximate surface area is 176 Å². The van der Waals surface area contributed by atoms with Gasteiger partial charge in [0, 0.05) is 35.6 Å². The van der Waals surface area contributed by atoms with Crippen LogP contribution in [0.15, 0.2) is 65.8 Å². The van der Waals surface area contributed by atoms with Gasteiger partial charge in [0.05, 0.1) is 0 Å². The first-order valence-corrected chi connectivity index (χ1v) is 13.3. The van der Waals surface area contributed by atoms with Crippen LogP contribution in [-0.2, 0) is 4.57 Å². The zero-order valence-electron chi connectivity index (χ0n) is 16.6. The minimum atomic E-state index is -9.76. The van der Waals surface area contributed by atoms with Gasteiger partial charge in [0.25, 0.3) is 0 Å². The summed E-state index contributed by atoms with van der Waals surface area (Å²) in [7, 11) is -12.2. The Balaban J connectivity index is 1.91. The first kappa shape index (κ1) is 23.2. The Morgan fingerprint density at radius 1 is 0.839 bits per heavy atom. The largest absolute Gasteiger partial charge is 0.437 e. The second-order valence-electron chi connectivity index (χ2n) is 6.82. The van der Waals surface area contributed by atoms with E-state index in [1.54, 1.807) is 24.3 Å². The van der Waals surface area contributed by atoms with E-state index in [1.165, 1.54) is 12.4 Å². The second-order valence-corrected chi connectivity index (χ2v) is 12.8. The van der Waals surface area contributed by atoms with E-state index in [4.69, 9.17) is 4.74 Å². The summed E-state index contributed by atoms with van der Waals surface area (Å²) in [5.74, 6) is -0.116. The smallest absolute Gasteiger partial charge is 0.310 e. The molecule has 4 nitrogen and oxygen atoms in total. The van der Waals surface area contributed by atoms with Gasteiger partial charge in [0.2, 0.25) is 5.88 Å². The molecule has 0 unspecified atom stereocenters. The molecule has 0 aliphatic carbocycles. The van der Waals surface area contributed by atoms with E-state index in [2.05, 4.69) is 9.97 Å². The Bertz CT molecular complexity index is 1130. The van der Waals surface area contributed by atoms with Gasteiger partial charge in [-0.2, -0.15) is 0 Å². The molecule has 0 saturated heterocycles. The van der Waals surface area contributed by atoms with Gasteiger partial charge in [-0.3, -0.25) is 0 Å². The molecular weight excluding hydrogens is 458 g/mol. The standard InChI is InChI=1S/C20H20F5N2O2PS/c1-3-30(28,4-2)17-9-5-15(6-10-17)19-20(27-14-13-26-19)29-16-7-11-18(12-8-16)31(21,22,23,24)25/h5-14H,3-4H2,1-2H3. The van der Waals surface area contributed by atoms with Crippen molar-refractivity contribution < 1.29 is 28.7 Å². The Kier molecular flexibility index (Phi) is 5.47. The summed E-state index contributed by atoms with van der Waals surface area (Å²) in [6, 6.07) is 9.05. The van der Waals surface area contributed by atoms with Gasteiger partial charge >= 0.3 is 10.2 Å². The predicted molar refractivity (Wildman–Crippen MR) is 114 cm³/mol. The molecule has 3 rings (SSSR count). The highest BCUT2D eigenvalue weighted by molar-refractivity contribution is 8.45. The van der Waals surface area contributed by atoms with E-state index in [0.717, 1.165) is 17.4 Å². The van der Waals surface area contributed by atoms with Crippen molar-refractivity contribution in [3.05, 3.63) is 60.9 Å². The van der Waals surface area contributed by atoms with Crippen molar-refractivity contribution in [2.24, 2.45) is 0 Å². The molecule has 0 N–H and O–H groups in total. The van der Waals surface area contributed by atoms with Gasteiger partial charge in [0.15, 0.2) is 0 Å². The van der Waals surface area contributed by atoms with Crippen molar-refractivity contribution in [1.29, 1.82) is 0 Å². The van der Waals surface area contributed by atoms with Crippen LogP contribution >= 0.6 is 17.4 Å². The summed E-state index contributed by atoms with van der Waals surface area (Å²) in [6.07, 6.45) is 3.82. The van der Waals surface area contributed by atoms with E-state index in [1.807, 2.05) is 13.8 Å². The van der Waals surface area contributed by atoms with Crippen LogP contribution in [0.2, 0.25) is 0 Å². The van der Waals surface area contributed by atoms with E-state index in [9.17, 15) is 24.0 Å². The molecule has 2 aromatic carbocycles. The minimum absolute atomic E-state index is 0.00972. The normalized spacial score (nSPS) is 14.5. The molecule has 0 aliphatic rings. The van der Waals surface area contributed by atoms with Crippen LogP contribution in [0, 0.1) is 0 Å². The van der Waals surface area contributed by atoms with Gasteiger partial charge in [-0.15, -0.1) is 0 Å². The van der Waals surface area contributed by atoms with Crippen LogP contribution in [0.25, 0.3) is 11.3 Å². The summed E-state index contributed by atoms with van der Waals surface area (Å²) in [5.41, 5.74) is 0.892. The zero-order chi connectivity index (χ0) is 23.0. The number of rotatable bonds is 7. The highest BCUT2D eigenvalue weighted by atomic mass is 32.5. The topological polar surface area (TPSA) is 52.1 Å². The van der Waals surface area contributed by atoms with Crippen LogP contribution in [0.3, 0.4) is 0 Å². The molecule has 0 bridgehead atoms. The molecular formula is C20H20F5N2O2PS. The van der Waals surface area contributed by atoms with E-state index < -0.39 is 22.3 Å². The maximum Gasteiger partial charge on any atom is 0.310 e. The molecule has 0 amide bonds. The predicted octanol–water partition coefficient (Wildman–Crippen LogP) is 7.62. The van der Waals surface area contributed by atoms with Crippen LogP contribution < -0.4 is 10.0 Å². The average Bonchev–Trinajstić information content (AvgIpc) is 2.72. The van der Waals surface area contributed by atoms with Crippen molar-refractivity contribution in [1.82, 2.24) is 9.97 Å². The summed E-state index contributed by atoms with van der Waals surface area (Å²) in [5, 5.41) is 0.735. The monoisotopic (exact) mass is 478 g/mol. The Morgan fingerprint density at radius 3 is 1.90 bits per heavy atom. The molecule has 1 aromatic heterocycles. The number of benzene rings is 2. The number of halogens is 5. The van der Waals surface area contributed by atoms with E-state index in [0.29, 0.717) is 23.6 Å². The molecule has 0 atom stereocenters. The molecule has 3 aromatic rings. The summed E-state index contributed by atoms with van der Waals surface area (Å²) < 4.78 is 82.8. The SMILES string of the molecule is CCP(=O)(CC)c1ccc(-c2nccnc2Oc2ccc(S(F)(F)(F)(F)F)cc2)cc1. The number of hydrogen-bond donors (Lipinski definition) is 0. The van der Waals surface area contributed by atoms with Crippen LogP contribution in [0.5, 0.6) is 11.6 Å². The van der Waals surface area contributed by atoms with Gasteiger partial charge in [-0.05, 0) is 24.3 Å². The fourth-order valence-electron chi connectivity index (χ4n) is 2.95. The average molecular weight is 478 g/mol. The fraction of sp³-hybridized carbons (Fsp3) is 0.200. The first-order valence-electron chi connectivity index (χ1n) is 9.28. The van der Waals surface area contributed by atoms with Gasteiger partial charge in [-0.1, -0.05) is 57.5 Å². The van der Waals surface area contributed by atoms with Crippen LogP contribution in [0.1, 0.15) is 13.8 Å². The number of ether oxygens (including phenoxy) is 1. The lowest BCUT2D eigenvalue weighted by atomic mass is 10.1. The number of hydrogen-bond acceptors (Lipinski definition) is 4. The van der Waals surface area contributed by atoms with E-state index >= 15 is 0 Å². The third kappa shape index (κ3) is 5.25. The lowest BCUT2D eigenvalue weighted by Gasteiger charge is -2.40. The maximum absolute atomic E-state index is 12.9. The second kappa shape index (κ2) is 7.31. The zero-order valence-corrected chi connectivity index (χ0v) is 18.4. The van der Waals surface area contributed by atoms with Crippen molar-refractivity contribution in [2.45, 2.75) is 18.7 Å². The maximum atomic E-state index is 12.9. The quantitative estimate of drug-likeness (QED) is 0.259. The molecule has 11 heteroatoms. The molecule has 0 aliphatic heterocycles. The Hall–Kier alpha value is -2.45. The van der Waals surface area contributed by atoms with Crippen molar-refractivity contribution >= 4 is 22.7 Å². The summed E-state index contributed by atoms with van der Waals surface area (Å²) >= 11 is 0. The molecule has 31 heavy (non-hydrogen) atoms. The molecule has 0 spiro atoms. The molecule has 0 fully saturated rings.